The molecule has 2 aliphatic heterocycles. The van der Waals surface area contributed by atoms with E-state index in [0.717, 1.165) is 35.7 Å². The first-order valence-corrected chi connectivity index (χ1v) is 8.42. The summed E-state index contributed by atoms with van der Waals surface area (Å²) in [7, 11) is 0. The van der Waals surface area contributed by atoms with Crippen molar-refractivity contribution in [2.45, 2.75) is 39.2 Å². The Bertz CT molecular complexity index is 832. The Morgan fingerprint density at radius 1 is 1.29 bits per heavy atom. The molecule has 2 aliphatic rings. The standard InChI is InChI=1S/C18H21N3O3/c1-11-15(12(2)24-19-11)7-18(23)20-8-13-6-14(10-20)16-4-3-5-17(22)21(16)9-13/h3-5,13-14H,6-10H2,1-2H3. The number of piperidine rings is 1. The van der Waals surface area contributed by atoms with E-state index in [1.807, 2.05) is 35.4 Å². The highest BCUT2D eigenvalue weighted by Crippen LogP contribution is 2.35. The van der Waals surface area contributed by atoms with Crippen LogP contribution >= 0.6 is 0 Å². The number of likely N-dealkylation sites (tertiary alicyclic amines) is 1. The lowest BCUT2D eigenvalue weighted by atomic mass is 9.83. The maximum absolute atomic E-state index is 12.8. The number of nitrogens with zero attached hydrogens (tertiary/aromatic N) is 3. The van der Waals surface area contributed by atoms with Crippen LogP contribution in [0.4, 0.5) is 0 Å². The molecule has 1 amide bonds. The van der Waals surface area contributed by atoms with Crippen LogP contribution in [-0.4, -0.2) is 33.6 Å². The summed E-state index contributed by atoms with van der Waals surface area (Å²) in [5.41, 5.74) is 2.81. The second kappa shape index (κ2) is 5.61. The number of rotatable bonds is 2. The van der Waals surface area contributed by atoms with Gasteiger partial charge in [0.05, 0.1) is 12.1 Å². The van der Waals surface area contributed by atoms with E-state index in [4.69, 9.17) is 4.52 Å². The lowest BCUT2D eigenvalue weighted by Crippen LogP contribution is -2.49. The van der Waals surface area contributed by atoms with Gasteiger partial charge in [-0.15, -0.1) is 0 Å². The predicted molar refractivity (Wildman–Crippen MR) is 87.8 cm³/mol. The van der Waals surface area contributed by atoms with Crippen molar-refractivity contribution in [2.24, 2.45) is 5.92 Å². The van der Waals surface area contributed by atoms with Gasteiger partial charge >= 0.3 is 0 Å². The minimum Gasteiger partial charge on any atom is -0.361 e. The summed E-state index contributed by atoms with van der Waals surface area (Å²) in [5, 5.41) is 3.93. The van der Waals surface area contributed by atoms with Crippen LogP contribution in [0.5, 0.6) is 0 Å². The van der Waals surface area contributed by atoms with E-state index in [2.05, 4.69) is 5.16 Å². The third kappa shape index (κ3) is 2.46. The van der Waals surface area contributed by atoms with Crippen molar-refractivity contribution in [1.82, 2.24) is 14.6 Å². The minimum atomic E-state index is 0.0673. The number of aryl methyl sites for hydroxylation is 2. The summed E-state index contributed by atoms with van der Waals surface area (Å²) in [6.07, 6.45) is 1.39. The fourth-order valence-corrected chi connectivity index (χ4v) is 4.12. The highest BCUT2D eigenvalue weighted by atomic mass is 16.5. The van der Waals surface area contributed by atoms with Crippen LogP contribution in [0.15, 0.2) is 27.5 Å². The van der Waals surface area contributed by atoms with E-state index < -0.39 is 0 Å². The van der Waals surface area contributed by atoms with Crippen LogP contribution in [0.3, 0.4) is 0 Å². The molecule has 2 atom stereocenters. The van der Waals surface area contributed by atoms with E-state index in [1.54, 1.807) is 6.07 Å². The number of carbonyl (C=O) groups is 1. The van der Waals surface area contributed by atoms with Gasteiger partial charge in [-0.1, -0.05) is 11.2 Å². The van der Waals surface area contributed by atoms with Crippen LogP contribution < -0.4 is 5.56 Å². The third-order valence-electron chi connectivity index (χ3n) is 5.34. The summed E-state index contributed by atoms with van der Waals surface area (Å²) < 4.78 is 7.04. The number of hydrogen-bond acceptors (Lipinski definition) is 4. The molecule has 6 nitrogen and oxygen atoms in total. The molecule has 0 aliphatic carbocycles. The van der Waals surface area contributed by atoms with Crippen LogP contribution in [0, 0.1) is 19.8 Å². The van der Waals surface area contributed by atoms with Crippen molar-refractivity contribution in [2.75, 3.05) is 13.1 Å². The molecule has 0 saturated carbocycles. The molecule has 4 heterocycles. The molecule has 0 radical (unpaired) electrons. The Morgan fingerprint density at radius 2 is 2.12 bits per heavy atom. The van der Waals surface area contributed by atoms with Crippen molar-refractivity contribution in [3.63, 3.8) is 0 Å². The van der Waals surface area contributed by atoms with Gasteiger partial charge in [0.15, 0.2) is 0 Å². The Labute approximate surface area is 140 Å². The number of aromatic nitrogens is 2. The number of fused-ring (bicyclic) bond motifs is 4. The molecule has 0 N–H and O–H groups in total. The molecule has 24 heavy (non-hydrogen) atoms. The van der Waals surface area contributed by atoms with Crippen LogP contribution in [0.25, 0.3) is 0 Å². The Kier molecular flexibility index (Phi) is 3.55. The highest BCUT2D eigenvalue weighted by molar-refractivity contribution is 5.79. The van der Waals surface area contributed by atoms with Crippen LogP contribution in [0.2, 0.25) is 0 Å². The van der Waals surface area contributed by atoms with Gasteiger partial charge in [-0.25, -0.2) is 0 Å². The molecule has 1 fully saturated rings. The number of carbonyl (C=O) groups excluding carboxylic acids is 1. The van der Waals surface area contributed by atoms with Gasteiger partial charge in [0.2, 0.25) is 5.91 Å². The monoisotopic (exact) mass is 327 g/mol. The summed E-state index contributed by atoms with van der Waals surface area (Å²) in [6, 6.07) is 5.45. The molecule has 6 heteroatoms. The van der Waals surface area contributed by atoms with Gasteiger partial charge in [0.25, 0.3) is 5.56 Å². The van der Waals surface area contributed by atoms with Gasteiger partial charge < -0.3 is 14.0 Å². The lowest BCUT2D eigenvalue weighted by molar-refractivity contribution is -0.133. The van der Waals surface area contributed by atoms with E-state index in [-0.39, 0.29) is 17.4 Å². The SMILES string of the molecule is Cc1noc(C)c1CC(=O)N1CC2CC(C1)c1cccc(=O)n1C2. The van der Waals surface area contributed by atoms with E-state index in [1.165, 1.54) is 0 Å². The predicted octanol–water partition coefficient (Wildman–Crippen LogP) is 1.64. The average molecular weight is 327 g/mol. The highest BCUT2D eigenvalue weighted by Gasteiger charge is 2.36. The van der Waals surface area contributed by atoms with Gasteiger partial charge in [-0.2, -0.15) is 0 Å². The second-order valence-corrected chi connectivity index (χ2v) is 6.98. The Balaban J connectivity index is 1.56. The first-order valence-electron chi connectivity index (χ1n) is 8.42. The maximum atomic E-state index is 12.8. The quantitative estimate of drug-likeness (QED) is 0.841. The molecule has 4 rings (SSSR count). The van der Waals surface area contributed by atoms with Gasteiger partial charge in [-0.05, 0) is 32.3 Å². The van der Waals surface area contributed by atoms with Crippen molar-refractivity contribution in [3.05, 3.63) is 51.3 Å². The maximum Gasteiger partial charge on any atom is 0.250 e. The number of amides is 1. The van der Waals surface area contributed by atoms with E-state index in [0.29, 0.717) is 25.4 Å². The Morgan fingerprint density at radius 3 is 2.88 bits per heavy atom. The second-order valence-electron chi connectivity index (χ2n) is 6.98. The first-order chi connectivity index (χ1) is 11.5. The van der Waals surface area contributed by atoms with Crippen LogP contribution in [0.1, 0.15) is 35.1 Å². The summed E-state index contributed by atoms with van der Waals surface area (Å²) >= 11 is 0. The zero-order valence-corrected chi connectivity index (χ0v) is 14.0. The molecule has 0 aromatic carbocycles. The summed E-state index contributed by atoms with van der Waals surface area (Å²) in [6.45, 7) is 5.82. The fraction of sp³-hybridized carbons (Fsp3) is 0.500. The summed E-state index contributed by atoms with van der Waals surface area (Å²) in [4.78, 5) is 26.8. The van der Waals surface area contributed by atoms with Crippen molar-refractivity contribution in [3.8, 4) is 0 Å². The van der Waals surface area contributed by atoms with Crippen molar-refractivity contribution < 1.29 is 9.32 Å². The molecule has 2 aromatic rings. The molecule has 126 valence electrons. The van der Waals surface area contributed by atoms with E-state index in [9.17, 15) is 9.59 Å². The van der Waals surface area contributed by atoms with Gasteiger partial charge in [-0.3, -0.25) is 9.59 Å². The largest absolute Gasteiger partial charge is 0.361 e. The van der Waals surface area contributed by atoms with Crippen LogP contribution in [-0.2, 0) is 17.8 Å². The van der Waals surface area contributed by atoms with Gasteiger partial charge in [0.1, 0.15) is 5.76 Å². The smallest absolute Gasteiger partial charge is 0.250 e. The van der Waals surface area contributed by atoms with Crippen molar-refractivity contribution in [1.29, 1.82) is 0 Å². The molecule has 2 bridgehead atoms. The third-order valence-corrected chi connectivity index (χ3v) is 5.34. The van der Waals surface area contributed by atoms with Gasteiger partial charge in [0, 0.05) is 42.9 Å². The topological polar surface area (TPSA) is 68.3 Å². The molecule has 0 spiro atoms. The first kappa shape index (κ1) is 15.2. The fourth-order valence-electron chi connectivity index (χ4n) is 4.12. The average Bonchev–Trinajstić information content (AvgIpc) is 2.87. The molecule has 2 unspecified atom stereocenters. The minimum absolute atomic E-state index is 0.0673. The number of hydrogen-bond donors (Lipinski definition) is 0. The lowest BCUT2D eigenvalue weighted by Gasteiger charge is -2.42. The molecule has 1 saturated heterocycles. The normalized spacial score (nSPS) is 22.3. The molecular weight excluding hydrogens is 306 g/mol. The zero-order chi connectivity index (χ0) is 16.8. The Hall–Kier alpha value is -2.37. The number of pyridine rings is 1. The zero-order valence-electron chi connectivity index (χ0n) is 14.0. The summed E-state index contributed by atoms with van der Waals surface area (Å²) in [5.74, 6) is 1.44. The van der Waals surface area contributed by atoms with E-state index >= 15 is 0 Å². The molecular formula is C18H21N3O3. The molecule has 2 aromatic heterocycles. The van der Waals surface area contributed by atoms with Crippen molar-refractivity contribution >= 4 is 5.91 Å².